The predicted octanol–water partition coefficient (Wildman–Crippen LogP) is 8.11. The number of hydrogen-bond acceptors (Lipinski definition) is 12. The van der Waals surface area contributed by atoms with Crippen molar-refractivity contribution in [3.8, 4) is 33.4 Å². The number of β-amino-alcohol motifs (C(OH)–C–C–N with tert-alkyl or cyclic N) is 1. The molecule has 5 aromatic rings. The van der Waals surface area contributed by atoms with Crippen molar-refractivity contribution in [2.24, 2.45) is 5.41 Å². The number of amides is 4. The molecule has 2 aliphatic heterocycles. The van der Waals surface area contributed by atoms with E-state index >= 15 is 4.39 Å². The Morgan fingerprint density at radius 1 is 1.00 bits per heavy atom. The summed E-state index contributed by atoms with van der Waals surface area (Å²) in [5, 5.41) is 25.2. The zero-order valence-electron chi connectivity index (χ0n) is 40.9. The third kappa shape index (κ3) is 12.0. The van der Waals surface area contributed by atoms with Gasteiger partial charge in [-0.2, -0.15) is 18.4 Å². The van der Waals surface area contributed by atoms with Crippen molar-refractivity contribution >= 4 is 63.7 Å². The summed E-state index contributed by atoms with van der Waals surface area (Å²) in [6.45, 7) is 10.8. The zero-order valence-corrected chi connectivity index (χ0v) is 42.5. The van der Waals surface area contributed by atoms with E-state index in [1.807, 2.05) is 31.2 Å². The summed E-state index contributed by atoms with van der Waals surface area (Å²) in [5.74, 6) is -3.40. The molecular weight excluding hydrogens is 989 g/mol. The number of likely N-dealkylation sites (tertiary alicyclic amines) is 1. The lowest BCUT2D eigenvalue weighted by Gasteiger charge is -2.35. The van der Waals surface area contributed by atoms with Crippen molar-refractivity contribution in [1.82, 2.24) is 25.5 Å². The van der Waals surface area contributed by atoms with Crippen LogP contribution >= 0.6 is 23.6 Å². The molecule has 4 heterocycles. The lowest BCUT2D eigenvalue weighted by atomic mass is 9.85. The van der Waals surface area contributed by atoms with Gasteiger partial charge in [-0.25, -0.2) is 9.37 Å². The van der Waals surface area contributed by atoms with Crippen molar-refractivity contribution in [3.05, 3.63) is 113 Å². The molecule has 21 heteroatoms. The second-order valence-corrected chi connectivity index (χ2v) is 20.5. The van der Waals surface area contributed by atoms with E-state index in [4.69, 9.17) is 21.7 Å². The van der Waals surface area contributed by atoms with E-state index in [1.54, 1.807) is 74.1 Å². The number of aliphatic hydroxyl groups excluding tert-OH is 1. The molecule has 2 fully saturated rings. The molecule has 7 rings (SSSR count). The molecule has 0 unspecified atom stereocenters. The van der Waals surface area contributed by atoms with Gasteiger partial charge in [-0.05, 0) is 98.3 Å². The number of anilines is 2. The molecule has 0 saturated carbocycles. The molecule has 3 N–H and O–H groups in total. The van der Waals surface area contributed by atoms with Crippen LogP contribution < -0.4 is 25.2 Å². The Balaban J connectivity index is 0.864. The molecule has 0 spiro atoms. The SMILES string of the molecule is Cc1ncsc1-c1ccc(CNC(=O)[C@@H]2C[C@@H](O)CN2C(=O)[C@@H](NC(=O)COCCCCOc2ccc(-c3cncc(N4C(=S)N(c5ccc(C#N)c(C(F)(F)F)c5F)C(=O)C4(C)C)c3)cc2)C(C)(C)C)cc1. The first-order valence-electron chi connectivity index (χ1n) is 23.3. The summed E-state index contributed by atoms with van der Waals surface area (Å²) in [6, 6.07) is 17.7. The van der Waals surface area contributed by atoms with E-state index in [0.717, 1.165) is 33.8 Å². The maximum Gasteiger partial charge on any atom is 0.420 e. The standard InChI is InChI=1S/C52H54F4N8O7S2/c1-30-44(73-29-60-30)33-11-9-31(10-12-33)24-59-46(67)40-22-37(65)27-62(40)47(68)45(50(2,3)4)61-41(66)28-70-19-7-8-20-71-38-16-13-32(14-17-38)35-21-36(26-58-25-35)64-49(72)63(48(69)51(64,5)6)39-18-15-34(23-57)42(43(39)53)52(54,55)56/h9-18,21,25-26,29,37,40,45,65H,7-8,19-20,22,24,27-28H2,1-6H3,(H,59,67)(H,61,66)/t37-,40+,45-/m1/s1. The third-order valence-electron chi connectivity index (χ3n) is 12.5. The minimum atomic E-state index is -5.21. The molecule has 2 aliphatic rings. The van der Waals surface area contributed by atoms with Gasteiger partial charge in [0, 0.05) is 37.9 Å². The van der Waals surface area contributed by atoms with Gasteiger partial charge in [-0.3, -0.25) is 29.1 Å². The van der Waals surface area contributed by atoms with Gasteiger partial charge in [0.1, 0.15) is 35.5 Å². The Morgan fingerprint density at radius 2 is 1.68 bits per heavy atom. The molecule has 2 aromatic heterocycles. The average molecular weight is 1040 g/mol. The molecule has 3 atom stereocenters. The van der Waals surface area contributed by atoms with Crippen LogP contribution in [0.25, 0.3) is 21.6 Å². The number of carbonyl (C=O) groups excluding carboxylic acids is 4. The summed E-state index contributed by atoms with van der Waals surface area (Å²) in [6.07, 6.45) is -1.91. The predicted molar refractivity (Wildman–Crippen MR) is 270 cm³/mol. The second kappa shape index (κ2) is 22.1. The first-order chi connectivity index (χ1) is 34.5. The van der Waals surface area contributed by atoms with E-state index in [-0.39, 0.29) is 37.8 Å². The van der Waals surface area contributed by atoms with Crippen molar-refractivity contribution < 1.29 is 51.3 Å². The van der Waals surface area contributed by atoms with Crippen molar-refractivity contribution in [1.29, 1.82) is 5.26 Å². The number of ether oxygens (including phenoxy) is 2. The van der Waals surface area contributed by atoms with Gasteiger partial charge < -0.3 is 35.0 Å². The minimum Gasteiger partial charge on any atom is -0.494 e. The second-order valence-electron chi connectivity index (χ2n) is 19.3. The summed E-state index contributed by atoms with van der Waals surface area (Å²) in [4.78, 5) is 67.4. The maximum absolute atomic E-state index is 15.5. The normalized spacial score (nSPS) is 17.2. The molecule has 0 aliphatic carbocycles. The largest absolute Gasteiger partial charge is 0.494 e. The Bertz CT molecular complexity index is 2920. The number of rotatable bonds is 17. The number of benzene rings is 3. The number of hydrogen-bond donors (Lipinski definition) is 3. The average Bonchev–Trinajstić information content (AvgIpc) is 4.01. The van der Waals surface area contributed by atoms with E-state index < -0.39 is 81.6 Å². The van der Waals surface area contributed by atoms with Crippen LogP contribution in [0.15, 0.2) is 84.6 Å². The monoisotopic (exact) mass is 1040 g/mol. The molecule has 15 nitrogen and oxygen atoms in total. The first-order valence-corrected chi connectivity index (χ1v) is 24.6. The van der Waals surface area contributed by atoms with Crippen LogP contribution in [0.5, 0.6) is 5.75 Å². The molecule has 3 aromatic carbocycles. The van der Waals surface area contributed by atoms with Crippen LogP contribution in [-0.2, 0) is 36.6 Å². The Hall–Kier alpha value is -6.86. The van der Waals surface area contributed by atoms with Crippen molar-refractivity contribution in [3.63, 3.8) is 0 Å². The molecule has 2 saturated heterocycles. The highest BCUT2D eigenvalue weighted by atomic mass is 32.1. The van der Waals surface area contributed by atoms with Gasteiger partial charge in [-0.15, -0.1) is 11.3 Å². The van der Waals surface area contributed by atoms with Crippen LogP contribution in [0.2, 0.25) is 0 Å². The van der Waals surface area contributed by atoms with Crippen LogP contribution in [0.4, 0.5) is 28.9 Å². The molecular formula is C52H54F4N8O7S2. The molecule has 73 heavy (non-hydrogen) atoms. The molecule has 4 amide bonds. The van der Waals surface area contributed by atoms with Crippen molar-refractivity contribution in [2.45, 2.75) is 97.3 Å². The number of nitrogens with one attached hydrogen (secondary N) is 2. The fourth-order valence-electron chi connectivity index (χ4n) is 8.64. The summed E-state index contributed by atoms with van der Waals surface area (Å²) in [7, 11) is 0. The van der Waals surface area contributed by atoms with Crippen LogP contribution in [0, 0.1) is 29.5 Å². The number of unbranched alkanes of at least 4 members (excludes halogenated alkanes) is 1. The first kappa shape index (κ1) is 53.9. The van der Waals surface area contributed by atoms with Gasteiger partial charge in [0.05, 0.1) is 58.0 Å². The van der Waals surface area contributed by atoms with E-state index in [1.165, 1.54) is 35.9 Å². The van der Waals surface area contributed by atoms with Crippen LogP contribution in [0.3, 0.4) is 0 Å². The Morgan fingerprint density at radius 3 is 2.33 bits per heavy atom. The fraction of sp³-hybridized carbons (Fsp3) is 0.385. The van der Waals surface area contributed by atoms with Crippen LogP contribution in [-0.4, -0.2) is 98.8 Å². The summed E-state index contributed by atoms with van der Waals surface area (Å²) < 4.78 is 68.6. The molecule has 384 valence electrons. The topological polar surface area (TPSA) is 190 Å². The number of pyridine rings is 1. The number of aromatic nitrogens is 2. The number of alkyl halides is 3. The van der Waals surface area contributed by atoms with Crippen molar-refractivity contribution in [2.75, 3.05) is 36.2 Å². The third-order valence-corrected chi connectivity index (χ3v) is 13.8. The van der Waals surface area contributed by atoms with Gasteiger partial charge in [0.25, 0.3) is 5.91 Å². The number of carbonyl (C=O) groups is 4. The summed E-state index contributed by atoms with van der Waals surface area (Å²) in [5.41, 5.74) is 0.613. The number of aryl methyl sites for hydroxylation is 1. The van der Waals surface area contributed by atoms with Gasteiger partial charge in [0.2, 0.25) is 17.7 Å². The molecule has 0 bridgehead atoms. The van der Waals surface area contributed by atoms with Crippen LogP contribution in [0.1, 0.15) is 76.3 Å². The number of aliphatic hydroxyl groups is 1. The number of thiocarbonyl (C=S) groups is 1. The highest BCUT2D eigenvalue weighted by molar-refractivity contribution is 7.81. The lowest BCUT2D eigenvalue weighted by molar-refractivity contribution is -0.144. The number of thiazole rings is 1. The lowest BCUT2D eigenvalue weighted by Crippen LogP contribution is -2.58. The summed E-state index contributed by atoms with van der Waals surface area (Å²) >= 11 is 7.14. The quantitative estimate of drug-likeness (QED) is 0.0462. The number of halogens is 4. The Labute approximate surface area is 429 Å². The van der Waals surface area contributed by atoms with Gasteiger partial charge >= 0.3 is 6.18 Å². The van der Waals surface area contributed by atoms with Gasteiger partial charge in [0.15, 0.2) is 10.9 Å². The minimum absolute atomic E-state index is 0.0509. The number of nitriles is 1. The maximum atomic E-state index is 15.5. The van der Waals surface area contributed by atoms with E-state index in [9.17, 15) is 42.7 Å². The fourth-order valence-corrected chi connectivity index (χ4v) is 9.97. The smallest absolute Gasteiger partial charge is 0.420 e. The van der Waals surface area contributed by atoms with Gasteiger partial charge in [-0.1, -0.05) is 57.2 Å². The van der Waals surface area contributed by atoms with E-state index in [0.29, 0.717) is 46.9 Å². The molecule has 0 radical (unpaired) electrons. The highest BCUT2D eigenvalue weighted by Crippen LogP contribution is 2.42. The zero-order chi connectivity index (χ0) is 53.0. The van der Waals surface area contributed by atoms with E-state index in [2.05, 4.69) is 20.6 Å². The Kier molecular flexibility index (Phi) is 16.3. The number of nitrogens with zero attached hydrogens (tertiary/aromatic N) is 6. The highest BCUT2D eigenvalue weighted by Gasteiger charge is 2.52.